The van der Waals surface area contributed by atoms with E-state index in [1.807, 2.05) is 27.7 Å². The molecule has 4 N–H and O–H groups in total. The third-order valence-electron chi connectivity index (χ3n) is 10.5. The zero-order valence-corrected chi connectivity index (χ0v) is 32.2. The monoisotopic (exact) mass is 758 g/mol. The Hall–Kier alpha value is -5.21. The molecular weight excluding hydrogens is 704 g/mol. The van der Waals surface area contributed by atoms with E-state index in [1.165, 1.54) is 28.4 Å². The van der Waals surface area contributed by atoms with Crippen molar-refractivity contribution in [3.8, 4) is 0 Å². The van der Waals surface area contributed by atoms with Gasteiger partial charge in [0.15, 0.2) is 0 Å². The molecule has 4 atom stereocenters. The van der Waals surface area contributed by atoms with E-state index in [2.05, 4.69) is 31.2 Å². The highest BCUT2D eigenvalue weighted by molar-refractivity contribution is 6.38. The van der Waals surface area contributed by atoms with Crippen molar-refractivity contribution < 1.29 is 33.6 Å². The molecule has 2 saturated carbocycles. The molecule has 15 nitrogen and oxygen atoms in total. The van der Waals surface area contributed by atoms with Crippen molar-refractivity contribution in [2.45, 2.75) is 116 Å². The van der Waals surface area contributed by atoms with Gasteiger partial charge < -0.3 is 31.1 Å². The molecule has 3 aliphatic rings. The first kappa shape index (κ1) is 41.0. The average Bonchev–Trinajstić information content (AvgIpc) is 4.02. The Kier molecular flexibility index (Phi) is 13.7. The number of rotatable bonds is 14. The summed E-state index contributed by atoms with van der Waals surface area (Å²) in [6, 6.07) is 4.09. The van der Waals surface area contributed by atoms with Gasteiger partial charge in [0, 0.05) is 37.1 Å². The largest absolute Gasteiger partial charge is 0.347 e. The fourth-order valence-electron chi connectivity index (χ4n) is 7.22. The minimum Gasteiger partial charge on any atom is -0.347 e. The van der Waals surface area contributed by atoms with Crippen LogP contribution in [0.3, 0.4) is 0 Å². The van der Waals surface area contributed by atoms with Crippen LogP contribution in [0.4, 0.5) is 0 Å². The van der Waals surface area contributed by atoms with Gasteiger partial charge in [0.25, 0.3) is 17.7 Å². The summed E-state index contributed by atoms with van der Waals surface area (Å²) in [5.41, 5.74) is -0.387. The molecular formula is C40H54N8O7. The van der Waals surface area contributed by atoms with Crippen LogP contribution in [0.15, 0.2) is 48.9 Å². The van der Waals surface area contributed by atoms with Gasteiger partial charge in [-0.3, -0.25) is 38.5 Å². The number of ketones is 1. The van der Waals surface area contributed by atoms with E-state index < -0.39 is 70.8 Å². The Morgan fingerprint density at radius 1 is 0.873 bits per heavy atom. The molecule has 15 heteroatoms. The van der Waals surface area contributed by atoms with Gasteiger partial charge in [-0.2, -0.15) is 0 Å². The minimum absolute atomic E-state index is 0.00418. The van der Waals surface area contributed by atoms with E-state index >= 15 is 0 Å². The van der Waals surface area contributed by atoms with Gasteiger partial charge in [0.05, 0.1) is 18.8 Å². The molecule has 2 aliphatic carbocycles. The first-order valence-corrected chi connectivity index (χ1v) is 19.5. The van der Waals surface area contributed by atoms with Crippen molar-refractivity contribution >= 4 is 41.2 Å². The number of aromatic nitrogens is 2. The van der Waals surface area contributed by atoms with E-state index in [0.29, 0.717) is 12.0 Å². The Morgan fingerprint density at radius 3 is 2.20 bits per heavy atom. The number of carbonyl (C=O) groups excluding carboxylic acids is 7. The lowest BCUT2D eigenvalue weighted by atomic mass is 9.82. The lowest BCUT2D eigenvalue weighted by molar-refractivity contribution is -0.145. The number of benzene rings is 1. The van der Waals surface area contributed by atoms with E-state index in [4.69, 9.17) is 0 Å². The molecule has 0 bridgehead atoms. The maximum atomic E-state index is 14.5. The van der Waals surface area contributed by atoms with Gasteiger partial charge in [0.1, 0.15) is 23.8 Å². The van der Waals surface area contributed by atoms with Gasteiger partial charge in [-0.1, -0.05) is 71.6 Å². The SMILES string of the molecule is CCC[C@H](NC(=O)[C@H]1CN(C(=O)[C@@H](NC(=O)[C@@H](NC(=O)c2cnccn2)C2CCCCC2)C(C)(C)C)CCN1C(=O)c1ccccc1)C(=O)C(=O)NC1CC1. The lowest BCUT2D eigenvalue weighted by Gasteiger charge is -2.43. The normalized spacial score (nSPS) is 19.3. The van der Waals surface area contributed by atoms with Crippen LogP contribution in [0, 0.1) is 11.3 Å². The van der Waals surface area contributed by atoms with Crippen LogP contribution in [0.5, 0.6) is 0 Å². The summed E-state index contributed by atoms with van der Waals surface area (Å²) in [5, 5.41) is 11.2. The summed E-state index contributed by atoms with van der Waals surface area (Å²) in [6.45, 7) is 7.13. The second-order valence-electron chi connectivity index (χ2n) is 15.9. The van der Waals surface area contributed by atoms with Crippen LogP contribution in [0.25, 0.3) is 0 Å². The Balaban J connectivity index is 1.38. The Labute approximate surface area is 322 Å². The van der Waals surface area contributed by atoms with Crippen LogP contribution in [0.1, 0.15) is 106 Å². The summed E-state index contributed by atoms with van der Waals surface area (Å²) in [7, 11) is 0. The number of Topliss-reactive ketones (excluding diaryl/α,β-unsaturated/α-hetero) is 1. The highest BCUT2D eigenvalue weighted by Crippen LogP contribution is 2.29. The molecule has 1 aromatic carbocycles. The number of amides is 6. The zero-order valence-electron chi connectivity index (χ0n) is 32.2. The predicted molar refractivity (Wildman–Crippen MR) is 202 cm³/mol. The first-order valence-electron chi connectivity index (χ1n) is 19.5. The summed E-state index contributed by atoms with van der Waals surface area (Å²) in [4.78, 5) is 107. The molecule has 0 radical (unpaired) electrons. The first-order chi connectivity index (χ1) is 26.3. The van der Waals surface area contributed by atoms with Gasteiger partial charge in [-0.15, -0.1) is 0 Å². The lowest BCUT2D eigenvalue weighted by Crippen LogP contribution is -2.66. The fraction of sp³-hybridized carbons (Fsp3) is 0.575. The fourth-order valence-corrected chi connectivity index (χ4v) is 7.22. The minimum atomic E-state index is -1.21. The highest BCUT2D eigenvalue weighted by atomic mass is 16.2. The van der Waals surface area contributed by atoms with E-state index in [-0.39, 0.29) is 43.7 Å². The molecule has 1 aromatic heterocycles. The van der Waals surface area contributed by atoms with Gasteiger partial charge in [0.2, 0.25) is 23.5 Å². The smallest absolute Gasteiger partial charge is 0.289 e. The molecule has 6 amide bonds. The molecule has 0 spiro atoms. The predicted octanol–water partition coefficient (Wildman–Crippen LogP) is 2.17. The number of nitrogens with zero attached hydrogens (tertiary/aromatic N) is 4. The second-order valence-corrected chi connectivity index (χ2v) is 15.9. The van der Waals surface area contributed by atoms with Crippen molar-refractivity contribution in [2.24, 2.45) is 11.3 Å². The average molecular weight is 759 g/mol. The van der Waals surface area contributed by atoms with Gasteiger partial charge in [-0.25, -0.2) is 4.98 Å². The molecule has 1 saturated heterocycles. The third-order valence-corrected chi connectivity index (χ3v) is 10.5. The molecule has 2 heterocycles. The van der Waals surface area contributed by atoms with E-state index in [1.54, 1.807) is 30.3 Å². The molecule has 296 valence electrons. The Morgan fingerprint density at radius 2 is 1.58 bits per heavy atom. The number of carbonyl (C=O) groups is 7. The second kappa shape index (κ2) is 18.4. The Bertz CT molecular complexity index is 1710. The number of piperazine rings is 1. The summed E-state index contributed by atoms with van der Waals surface area (Å²) >= 11 is 0. The van der Waals surface area contributed by atoms with Crippen LogP contribution < -0.4 is 21.3 Å². The van der Waals surface area contributed by atoms with E-state index in [9.17, 15) is 33.6 Å². The van der Waals surface area contributed by atoms with Crippen LogP contribution >= 0.6 is 0 Å². The molecule has 1 aliphatic heterocycles. The van der Waals surface area contributed by atoms with Gasteiger partial charge >= 0.3 is 0 Å². The number of hydrogen-bond donors (Lipinski definition) is 4. The quantitative estimate of drug-likeness (QED) is 0.209. The maximum Gasteiger partial charge on any atom is 0.289 e. The van der Waals surface area contributed by atoms with Crippen molar-refractivity contribution in [2.75, 3.05) is 19.6 Å². The standard InChI is InChI=1S/C40H54N8O7/c1-5-12-28(32(49)37(53)43-27-17-18-27)44-35(51)30-24-47(21-22-48(30)38(54)26-15-10-7-11-16-26)39(55)33(40(2,3)4)46-36(52)31(25-13-8-6-9-14-25)45-34(50)29-23-41-19-20-42-29/h7,10-11,15-16,19-20,23,25,27-28,30-31,33H,5-6,8-9,12-14,17-18,21-22,24H2,1-4H3,(H,43,53)(H,44,51)(H,45,50)(H,46,52)/t28-,30+,31-,33+/m0/s1. The van der Waals surface area contributed by atoms with Gasteiger partial charge in [-0.05, 0) is 55.6 Å². The molecule has 0 unspecified atom stereocenters. The van der Waals surface area contributed by atoms with Crippen molar-refractivity contribution in [1.82, 2.24) is 41.0 Å². The molecule has 55 heavy (non-hydrogen) atoms. The summed E-state index contributed by atoms with van der Waals surface area (Å²) in [6.07, 6.45) is 10.8. The van der Waals surface area contributed by atoms with Crippen LogP contribution in [-0.2, 0) is 24.0 Å². The number of nitrogens with one attached hydrogen (secondary N) is 4. The maximum absolute atomic E-state index is 14.5. The van der Waals surface area contributed by atoms with Crippen LogP contribution in [-0.4, -0.2) is 111 Å². The topological polar surface area (TPSA) is 200 Å². The van der Waals surface area contributed by atoms with Crippen molar-refractivity contribution in [3.63, 3.8) is 0 Å². The van der Waals surface area contributed by atoms with Crippen LogP contribution in [0.2, 0.25) is 0 Å². The number of hydrogen-bond acceptors (Lipinski definition) is 9. The molecule has 2 aromatic rings. The zero-order chi connectivity index (χ0) is 39.7. The molecule has 5 rings (SSSR count). The van der Waals surface area contributed by atoms with Crippen molar-refractivity contribution in [1.29, 1.82) is 0 Å². The van der Waals surface area contributed by atoms with Crippen molar-refractivity contribution in [3.05, 3.63) is 60.2 Å². The summed E-state index contributed by atoms with van der Waals surface area (Å²) in [5.74, 6) is -4.29. The third kappa shape index (κ3) is 10.7. The molecule has 3 fully saturated rings. The highest BCUT2D eigenvalue weighted by Gasteiger charge is 2.44. The van der Waals surface area contributed by atoms with E-state index in [0.717, 1.165) is 44.9 Å². The summed E-state index contributed by atoms with van der Waals surface area (Å²) < 4.78 is 0.